The Bertz CT molecular complexity index is 391. The third kappa shape index (κ3) is 1.25. The molecule has 0 saturated carbocycles. The topological polar surface area (TPSA) is 51.8 Å². The number of nitrogen functional groups attached to an aromatic ring is 1. The number of nitrogens with zero attached hydrogens (tertiary/aromatic N) is 2. The van der Waals surface area contributed by atoms with E-state index in [4.69, 9.17) is 5.73 Å². The van der Waals surface area contributed by atoms with Crippen molar-refractivity contribution in [3.63, 3.8) is 0 Å². The molecule has 0 radical (unpaired) electrons. The van der Waals surface area contributed by atoms with Crippen molar-refractivity contribution in [3.8, 4) is 0 Å². The maximum Gasteiger partial charge on any atom is 0.142 e. The molecule has 0 atom stereocenters. The van der Waals surface area contributed by atoms with E-state index in [0.717, 1.165) is 15.5 Å². The van der Waals surface area contributed by atoms with Crippen molar-refractivity contribution in [2.45, 2.75) is 0 Å². The number of benzene rings is 1. The second-order valence-electron chi connectivity index (χ2n) is 2.43. The van der Waals surface area contributed by atoms with Gasteiger partial charge in [-0.15, -0.1) is 0 Å². The molecule has 0 bridgehead atoms. The lowest BCUT2D eigenvalue weighted by Crippen LogP contribution is -1.91. The third-order valence-electron chi connectivity index (χ3n) is 1.52. The average Bonchev–Trinajstić information content (AvgIpc) is 2.03. The van der Waals surface area contributed by atoms with E-state index in [1.807, 2.05) is 18.2 Å². The zero-order chi connectivity index (χ0) is 8.55. The number of hydrogen-bond acceptors (Lipinski definition) is 3. The first kappa shape index (κ1) is 7.49. The van der Waals surface area contributed by atoms with Crippen LogP contribution in [0.5, 0.6) is 0 Å². The van der Waals surface area contributed by atoms with Gasteiger partial charge < -0.3 is 5.73 Å². The highest BCUT2D eigenvalue weighted by Crippen LogP contribution is 2.16. The van der Waals surface area contributed by atoms with Crippen LogP contribution in [0.15, 0.2) is 28.9 Å². The van der Waals surface area contributed by atoms with Crippen LogP contribution in [0.25, 0.3) is 11.0 Å². The van der Waals surface area contributed by atoms with E-state index >= 15 is 0 Å². The molecule has 0 aliphatic carbocycles. The molecule has 12 heavy (non-hydrogen) atoms. The van der Waals surface area contributed by atoms with E-state index in [9.17, 15) is 0 Å². The molecule has 4 heteroatoms. The molecule has 1 aromatic heterocycles. The molecule has 0 unspecified atom stereocenters. The molecule has 3 nitrogen and oxygen atoms in total. The molecule has 2 rings (SSSR count). The summed E-state index contributed by atoms with van der Waals surface area (Å²) in [6.45, 7) is 0. The fourth-order valence-corrected chi connectivity index (χ4v) is 1.35. The van der Waals surface area contributed by atoms with Gasteiger partial charge in [0.15, 0.2) is 0 Å². The van der Waals surface area contributed by atoms with Crippen molar-refractivity contribution in [1.29, 1.82) is 0 Å². The summed E-state index contributed by atoms with van der Waals surface area (Å²) in [5.41, 5.74) is 7.15. The van der Waals surface area contributed by atoms with Crippen LogP contribution in [0, 0.1) is 0 Å². The molecule has 0 aliphatic heterocycles. The Morgan fingerprint density at radius 1 is 1.25 bits per heavy atom. The Morgan fingerprint density at radius 2 is 2.08 bits per heavy atom. The van der Waals surface area contributed by atoms with Gasteiger partial charge in [0.2, 0.25) is 0 Å². The first-order valence-corrected chi connectivity index (χ1v) is 4.23. The van der Waals surface area contributed by atoms with Gasteiger partial charge in [0.1, 0.15) is 5.82 Å². The predicted octanol–water partition coefficient (Wildman–Crippen LogP) is 1.97. The molecule has 60 valence electrons. The number of anilines is 1. The first-order chi connectivity index (χ1) is 5.75. The van der Waals surface area contributed by atoms with Crippen molar-refractivity contribution >= 4 is 32.8 Å². The Kier molecular flexibility index (Phi) is 1.69. The maximum absolute atomic E-state index is 5.49. The highest BCUT2D eigenvalue weighted by Gasteiger charge is 1.96. The molecule has 0 spiro atoms. The summed E-state index contributed by atoms with van der Waals surface area (Å²) in [5, 5.41) is 0. The van der Waals surface area contributed by atoms with Crippen LogP contribution in [0.2, 0.25) is 0 Å². The summed E-state index contributed by atoms with van der Waals surface area (Å²) in [4.78, 5) is 8.24. The van der Waals surface area contributed by atoms with E-state index < -0.39 is 0 Å². The zero-order valence-electron chi connectivity index (χ0n) is 6.16. The summed E-state index contributed by atoms with van der Waals surface area (Å²) < 4.78 is 0.981. The fourth-order valence-electron chi connectivity index (χ4n) is 0.999. The molecule has 0 amide bonds. The van der Waals surface area contributed by atoms with Crippen molar-refractivity contribution in [2.75, 3.05) is 5.73 Å². The molecule has 2 aromatic rings. The molecular weight excluding hydrogens is 218 g/mol. The van der Waals surface area contributed by atoms with Crippen LogP contribution >= 0.6 is 15.9 Å². The van der Waals surface area contributed by atoms with Crippen molar-refractivity contribution in [3.05, 3.63) is 28.9 Å². The van der Waals surface area contributed by atoms with Gasteiger partial charge in [-0.05, 0) is 18.2 Å². The van der Waals surface area contributed by atoms with Crippen LogP contribution in [0.3, 0.4) is 0 Å². The smallest absolute Gasteiger partial charge is 0.142 e. The van der Waals surface area contributed by atoms with Gasteiger partial charge in [-0.2, -0.15) is 0 Å². The summed E-state index contributed by atoms with van der Waals surface area (Å²) in [6, 6.07) is 5.71. The summed E-state index contributed by atoms with van der Waals surface area (Å²) in [7, 11) is 0. The number of rotatable bonds is 0. The minimum absolute atomic E-state index is 0.445. The van der Waals surface area contributed by atoms with E-state index in [-0.39, 0.29) is 0 Å². The van der Waals surface area contributed by atoms with E-state index in [1.54, 1.807) is 6.20 Å². The molecule has 0 fully saturated rings. The number of hydrogen-bond donors (Lipinski definition) is 1. The average molecular weight is 224 g/mol. The lowest BCUT2D eigenvalue weighted by atomic mass is 10.3. The van der Waals surface area contributed by atoms with Gasteiger partial charge in [-0.3, -0.25) is 4.98 Å². The van der Waals surface area contributed by atoms with Crippen LogP contribution in [0.4, 0.5) is 5.82 Å². The largest absolute Gasteiger partial charge is 0.382 e. The van der Waals surface area contributed by atoms with Gasteiger partial charge in [0.05, 0.1) is 17.2 Å². The number of halogens is 1. The fraction of sp³-hybridized carbons (Fsp3) is 0. The first-order valence-electron chi connectivity index (χ1n) is 3.43. The van der Waals surface area contributed by atoms with Crippen LogP contribution in [0.1, 0.15) is 0 Å². The number of nitrogens with two attached hydrogens (primary N) is 1. The Balaban J connectivity index is 2.80. The molecule has 0 saturated heterocycles. The predicted molar refractivity (Wildman–Crippen MR) is 51.7 cm³/mol. The minimum atomic E-state index is 0.445. The van der Waals surface area contributed by atoms with Gasteiger partial charge in [0, 0.05) is 4.47 Å². The van der Waals surface area contributed by atoms with Gasteiger partial charge in [0.25, 0.3) is 0 Å². The Morgan fingerprint density at radius 3 is 2.92 bits per heavy atom. The quantitative estimate of drug-likeness (QED) is 0.744. The monoisotopic (exact) mass is 223 g/mol. The van der Waals surface area contributed by atoms with Crippen LogP contribution < -0.4 is 5.73 Å². The van der Waals surface area contributed by atoms with E-state index in [1.165, 1.54) is 0 Å². The van der Waals surface area contributed by atoms with Crippen molar-refractivity contribution < 1.29 is 0 Å². The van der Waals surface area contributed by atoms with Gasteiger partial charge >= 0.3 is 0 Å². The number of aromatic nitrogens is 2. The molecular formula is C8H6BrN3. The second-order valence-corrected chi connectivity index (χ2v) is 3.34. The van der Waals surface area contributed by atoms with Crippen LogP contribution in [-0.2, 0) is 0 Å². The minimum Gasteiger partial charge on any atom is -0.382 e. The molecule has 1 aromatic carbocycles. The highest BCUT2D eigenvalue weighted by molar-refractivity contribution is 9.10. The molecule has 1 heterocycles. The summed E-state index contributed by atoms with van der Waals surface area (Å²) >= 11 is 3.35. The number of fused-ring (bicyclic) bond motifs is 1. The summed E-state index contributed by atoms with van der Waals surface area (Å²) in [5.74, 6) is 0.445. The lowest BCUT2D eigenvalue weighted by molar-refractivity contribution is 1.30. The standard InChI is InChI=1S/C8H6BrN3/c9-5-1-2-6-7(3-5)12-8(10)4-11-6/h1-4H,(H2,10,12). The van der Waals surface area contributed by atoms with Gasteiger partial charge in [-0.25, -0.2) is 4.98 Å². The van der Waals surface area contributed by atoms with E-state index in [2.05, 4.69) is 25.9 Å². The van der Waals surface area contributed by atoms with Crippen LogP contribution in [-0.4, -0.2) is 9.97 Å². The third-order valence-corrected chi connectivity index (χ3v) is 2.02. The Labute approximate surface area is 77.8 Å². The van der Waals surface area contributed by atoms with Crippen molar-refractivity contribution in [2.24, 2.45) is 0 Å². The molecule has 2 N–H and O–H groups in total. The maximum atomic E-state index is 5.49. The lowest BCUT2D eigenvalue weighted by Gasteiger charge is -1.97. The normalized spacial score (nSPS) is 10.4. The molecule has 0 aliphatic rings. The highest BCUT2D eigenvalue weighted by atomic mass is 79.9. The second kappa shape index (κ2) is 2.71. The summed E-state index contributed by atoms with van der Waals surface area (Å²) in [6.07, 6.45) is 1.55. The van der Waals surface area contributed by atoms with Gasteiger partial charge in [-0.1, -0.05) is 15.9 Å². The zero-order valence-corrected chi connectivity index (χ0v) is 7.75. The van der Waals surface area contributed by atoms with Crippen molar-refractivity contribution in [1.82, 2.24) is 9.97 Å². The SMILES string of the molecule is Nc1cnc2ccc(Br)cc2n1. The Hall–Kier alpha value is -1.16. The van der Waals surface area contributed by atoms with E-state index in [0.29, 0.717) is 5.82 Å².